The van der Waals surface area contributed by atoms with Crippen LogP contribution in [0.1, 0.15) is 5.56 Å². The van der Waals surface area contributed by atoms with Crippen LogP contribution in [-0.2, 0) is 16.4 Å². The van der Waals surface area contributed by atoms with Crippen LogP contribution in [0.25, 0.3) is 0 Å². The highest BCUT2D eigenvalue weighted by molar-refractivity contribution is 7.89. The second-order valence-electron chi connectivity index (χ2n) is 3.13. The van der Waals surface area contributed by atoms with Crippen molar-refractivity contribution in [3.05, 3.63) is 29.8 Å². The first-order valence-electron chi connectivity index (χ1n) is 4.59. The Labute approximate surface area is 100 Å². The quantitative estimate of drug-likeness (QED) is 0.629. The van der Waals surface area contributed by atoms with Crippen molar-refractivity contribution in [3.8, 4) is 0 Å². The summed E-state index contributed by atoms with van der Waals surface area (Å²) in [5.74, 6) is 0. The summed E-state index contributed by atoms with van der Waals surface area (Å²) in [6.07, 6.45) is 2.30. The van der Waals surface area contributed by atoms with Crippen molar-refractivity contribution in [2.75, 3.05) is 6.54 Å². The van der Waals surface area contributed by atoms with E-state index in [0.29, 0.717) is 6.54 Å². The molecule has 4 nitrogen and oxygen atoms in total. The minimum Gasteiger partial charge on any atom is -0.292 e. The number of aliphatic imine (C=N–C) groups is 1. The molecule has 1 rings (SSSR count). The third kappa shape index (κ3) is 4.18. The van der Waals surface area contributed by atoms with Crippen molar-refractivity contribution < 1.29 is 8.42 Å². The molecule has 0 bridgehead atoms. The number of nitrogens with two attached hydrogens (primary N) is 1. The lowest BCUT2D eigenvalue weighted by Gasteiger charge is -2.00. The van der Waals surface area contributed by atoms with E-state index < -0.39 is 10.0 Å². The van der Waals surface area contributed by atoms with Crippen molar-refractivity contribution in [1.82, 2.24) is 0 Å². The lowest BCUT2D eigenvalue weighted by atomic mass is 10.1. The lowest BCUT2D eigenvalue weighted by Crippen LogP contribution is -2.11. The van der Waals surface area contributed by atoms with E-state index in [1.807, 2.05) is 0 Å². The number of hydrogen-bond donors (Lipinski definition) is 1. The van der Waals surface area contributed by atoms with Gasteiger partial charge in [-0.3, -0.25) is 4.99 Å². The van der Waals surface area contributed by atoms with Crippen molar-refractivity contribution in [3.63, 3.8) is 0 Å². The molecule has 0 aliphatic carbocycles. The standard InChI is InChI=1S/C10H12N2O2S2/c11-16(13,14)10-3-1-9(2-4-10)5-6-12-7-8-15/h1-4,7-8H,5-6H2,(H2,11,13,14). The Morgan fingerprint density at radius 1 is 1.31 bits per heavy atom. The fourth-order valence-corrected chi connectivity index (χ4v) is 1.76. The Hall–Kier alpha value is -1.11. The number of benzene rings is 1. The van der Waals surface area contributed by atoms with Gasteiger partial charge in [0.15, 0.2) is 0 Å². The average Bonchev–Trinajstić information content (AvgIpc) is 2.24. The van der Waals surface area contributed by atoms with Gasteiger partial charge in [-0.05, 0) is 24.1 Å². The van der Waals surface area contributed by atoms with Crippen LogP contribution in [-0.4, -0.2) is 26.5 Å². The molecule has 0 amide bonds. The van der Waals surface area contributed by atoms with E-state index in [9.17, 15) is 8.42 Å². The van der Waals surface area contributed by atoms with Gasteiger partial charge in [0.05, 0.1) is 4.90 Å². The molecular weight excluding hydrogens is 244 g/mol. The molecule has 0 unspecified atom stereocenters. The molecule has 0 fully saturated rings. The zero-order chi connectivity index (χ0) is 12.0. The highest BCUT2D eigenvalue weighted by atomic mass is 32.2. The molecule has 1 aromatic rings. The van der Waals surface area contributed by atoms with Gasteiger partial charge in [-0.2, -0.15) is 0 Å². The van der Waals surface area contributed by atoms with Crippen LogP contribution < -0.4 is 5.14 Å². The van der Waals surface area contributed by atoms with Crippen LogP contribution in [0.3, 0.4) is 0 Å². The summed E-state index contributed by atoms with van der Waals surface area (Å²) < 4.78 is 22.0. The largest absolute Gasteiger partial charge is 0.292 e. The van der Waals surface area contributed by atoms with Crippen molar-refractivity contribution in [1.29, 1.82) is 0 Å². The average molecular weight is 256 g/mol. The molecule has 0 spiro atoms. The Bertz CT molecular complexity index is 478. The number of hydrogen-bond acceptors (Lipinski definition) is 4. The molecule has 0 radical (unpaired) electrons. The summed E-state index contributed by atoms with van der Waals surface area (Å²) in [5, 5.41) is 6.43. The SMILES string of the molecule is NS(=O)(=O)c1ccc(CCN=CC=S)cc1. The maximum atomic E-state index is 11.0. The molecule has 0 saturated carbocycles. The smallest absolute Gasteiger partial charge is 0.238 e. The van der Waals surface area contributed by atoms with Crippen LogP contribution in [0.2, 0.25) is 0 Å². The number of primary sulfonamides is 1. The van der Waals surface area contributed by atoms with Gasteiger partial charge in [-0.1, -0.05) is 24.4 Å². The minimum absolute atomic E-state index is 0.124. The predicted octanol–water partition coefficient (Wildman–Crippen LogP) is 0.947. The number of sulfonamides is 1. The number of rotatable bonds is 5. The lowest BCUT2D eigenvalue weighted by molar-refractivity contribution is 0.598. The Kier molecular flexibility index (Phi) is 4.72. The monoisotopic (exact) mass is 256 g/mol. The third-order valence-electron chi connectivity index (χ3n) is 1.95. The summed E-state index contributed by atoms with van der Waals surface area (Å²) >= 11 is 4.59. The summed E-state index contributed by atoms with van der Waals surface area (Å²) in [6.45, 7) is 0.627. The van der Waals surface area contributed by atoms with Gasteiger partial charge < -0.3 is 0 Å². The molecule has 6 heteroatoms. The van der Waals surface area contributed by atoms with Gasteiger partial charge in [-0.15, -0.1) is 0 Å². The first kappa shape index (κ1) is 13.0. The van der Waals surface area contributed by atoms with Crippen molar-refractivity contribution in [2.45, 2.75) is 11.3 Å². The van der Waals surface area contributed by atoms with Crippen molar-refractivity contribution >= 4 is 33.8 Å². The van der Waals surface area contributed by atoms with Crippen LogP contribution in [0.5, 0.6) is 0 Å². The van der Waals surface area contributed by atoms with Crippen molar-refractivity contribution in [2.24, 2.45) is 10.1 Å². The molecule has 0 heterocycles. The Balaban J connectivity index is 2.65. The molecule has 1 aromatic carbocycles. The van der Waals surface area contributed by atoms with Gasteiger partial charge in [-0.25, -0.2) is 13.6 Å². The van der Waals surface area contributed by atoms with E-state index >= 15 is 0 Å². The van der Waals surface area contributed by atoms with E-state index in [4.69, 9.17) is 5.14 Å². The first-order chi connectivity index (χ1) is 7.54. The van der Waals surface area contributed by atoms with Crippen LogP contribution in [0.4, 0.5) is 0 Å². The molecular formula is C10H12N2O2S2. The molecule has 16 heavy (non-hydrogen) atoms. The van der Waals surface area contributed by atoms with Gasteiger partial charge in [0, 0.05) is 18.1 Å². The fraction of sp³-hybridized carbons (Fsp3) is 0.200. The Morgan fingerprint density at radius 3 is 2.44 bits per heavy atom. The van der Waals surface area contributed by atoms with E-state index in [1.165, 1.54) is 17.5 Å². The molecule has 0 aromatic heterocycles. The van der Waals surface area contributed by atoms with E-state index in [0.717, 1.165) is 12.0 Å². The Morgan fingerprint density at radius 2 is 1.94 bits per heavy atom. The predicted molar refractivity (Wildman–Crippen MR) is 68.5 cm³/mol. The van der Waals surface area contributed by atoms with Gasteiger partial charge in [0.2, 0.25) is 10.0 Å². The topological polar surface area (TPSA) is 72.5 Å². The van der Waals surface area contributed by atoms with E-state index in [-0.39, 0.29) is 4.90 Å². The zero-order valence-electron chi connectivity index (χ0n) is 8.54. The fourth-order valence-electron chi connectivity index (χ4n) is 1.16. The van der Waals surface area contributed by atoms with E-state index in [1.54, 1.807) is 18.3 Å². The summed E-state index contributed by atoms with van der Waals surface area (Å²) in [4.78, 5) is 4.15. The third-order valence-corrected chi connectivity index (χ3v) is 3.00. The molecule has 0 saturated heterocycles. The maximum absolute atomic E-state index is 11.0. The van der Waals surface area contributed by atoms with E-state index in [2.05, 4.69) is 17.2 Å². The molecule has 0 aliphatic heterocycles. The highest BCUT2D eigenvalue weighted by Gasteiger charge is 2.05. The maximum Gasteiger partial charge on any atom is 0.238 e. The second-order valence-corrected chi connectivity index (χ2v) is 4.96. The minimum atomic E-state index is -3.60. The normalized spacial score (nSPS) is 11.8. The molecule has 0 aliphatic rings. The first-order valence-corrected chi connectivity index (χ1v) is 6.61. The summed E-state index contributed by atoms with van der Waals surface area (Å²) in [7, 11) is -3.60. The highest BCUT2D eigenvalue weighted by Crippen LogP contribution is 2.09. The van der Waals surface area contributed by atoms with Crippen LogP contribution in [0.15, 0.2) is 34.2 Å². The van der Waals surface area contributed by atoms with Gasteiger partial charge >= 0.3 is 0 Å². The van der Waals surface area contributed by atoms with Crippen LogP contribution in [0, 0.1) is 0 Å². The number of thiocarbonyl (C=S) groups is 1. The summed E-state index contributed by atoms with van der Waals surface area (Å²) in [6, 6.07) is 6.44. The molecule has 2 N–H and O–H groups in total. The van der Waals surface area contributed by atoms with Gasteiger partial charge in [0.25, 0.3) is 0 Å². The van der Waals surface area contributed by atoms with Crippen LogP contribution >= 0.6 is 12.2 Å². The molecule has 86 valence electrons. The number of nitrogens with zero attached hydrogens (tertiary/aromatic N) is 1. The molecule has 0 atom stereocenters. The summed E-state index contributed by atoms with van der Waals surface area (Å²) in [5.41, 5.74) is 1.01. The second kappa shape index (κ2) is 5.83. The van der Waals surface area contributed by atoms with Gasteiger partial charge in [0.1, 0.15) is 0 Å². The zero-order valence-corrected chi connectivity index (χ0v) is 10.2.